The number of fused-ring (bicyclic) bond motifs is 1. The standard InChI is InChI=1S/C18H20N4OS/c1-3-24-18-20-17-19-13-9-11(2)10-14(23)15(13)16(22(17)21-18)12-7-5-4-6-8-12/h4-8,11,16H,3,9-10H2,1-2H3,(H,19,20,21)/t11-,16+/m0/s1. The van der Waals surface area contributed by atoms with Gasteiger partial charge in [-0.25, -0.2) is 4.68 Å². The third kappa shape index (κ3) is 2.55. The molecule has 1 aromatic heterocycles. The van der Waals surface area contributed by atoms with Crippen molar-refractivity contribution in [2.45, 2.75) is 37.9 Å². The maximum absolute atomic E-state index is 12.8. The highest BCUT2D eigenvalue weighted by Crippen LogP contribution is 2.41. The first-order chi connectivity index (χ1) is 11.7. The fraction of sp³-hybridized carbons (Fsp3) is 0.389. The van der Waals surface area contributed by atoms with Gasteiger partial charge in [0.15, 0.2) is 5.78 Å². The number of aromatic nitrogens is 3. The highest BCUT2D eigenvalue weighted by molar-refractivity contribution is 7.99. The Bertz CT molecular complexity index is 812. The third-order valence-corrected chi connectivity index (χ3v) is 5.21. The van der Waals surface area contributed by atoms with E-state index in [0.717, 1.165) is 40.1 Å². The molecule has 0 amide bonds. The highest BCUT2D eigenvalue weighted by Gasteiger charge is 2.38. The van der Waals surface area contributed by atoms with Gasteiger partial charge in [-0.15, -0.1) is 5.10 Å². The molecule has 0 unspecified atom stereocenters. The summed E-state index contributed by atoms with van der Waals surface area (Å²) in [5.41, 5.74) is 2.94. The molecule has 2 heterocycles. The summed E-state index contributed by atoms with van der Waals surface area (Å²) in [5, 5.41) is 8.79. The Labute approximate surface area is 145 Å². The van der Waals surface area contributed by atoms with Crippen LogP contribution in [0.5, 0.6) is 0 Å². The van der Waals surface area contributed by atoms with Crippen molar-refractivity contribution in [2.75, 3.05) is 11.1 Å². The van der Waals surface area contributed by atoms with E-state index in [4.69, 9.17) is 0 Å². The smallest absolute Gasteiger partial charge is 0.227 e. The topological polar surface area (TPSA) is 59.8 Å². The molecule has 2 aromatic rings. The Morgan fingerprint density at radius 1 is 1.29 bits per heavy atom. The number of nitrogens with one attached hydrogen (secondary N) is 1. The van der Waals surface area contributed by atoms with Crippen LogP contribution >= 0.6 is 11.8 Å². The number of hydrogen-bond donors (Lipinski definition) is 1. The number of carbonyl (C=O) groups is 1. The number of rotatable bonds is 3. The average molecular weight is 340 g/mol. The van der Waals surface area contributed by atoms with Crippen molar-refractivity contribution in [3.63, 3.8) is 0 Å². The lowest BCUT2D eigenvalue weighted by molar-refractivity contribution is -0.117. The molecule has 4 rings (SSSR count). The molecule has 0 saturated heterocycles. The van der Waals surface area contributed by atoms with Gasteiger partial charge in [0.1, 0.15) is 6.04 Å². The third-order valence-electron chi connectivity index (χ3n) is 4.49. The Hall–Kier alpha value is -2.08. The first-order valence-electron chi connectivity index (χ1n) is 8.35. The molecule has 24 heavy (non-hydrogen) atoms. The van der Waals surface area contributed by atoms with Crippen LogP contribution in [0.3, 0.4) is 0 Å². The lowest BCUT2D eigenvalue weighted by Crippen LogP contribution is -2.33. The van der Waals surface area contributed by atoms with E-state index in [1.165, 1.54) is 0 Å². The number of Topliss-reactive ketones (excluding diaryl/α,β-unsaturated/α-hetero) is 1. The van der Waals surface area contributed by atoms with Gasteiger partial charge in [0, 0.05) is 17.7 Å². The second-order valence-electron chi connectivity index (χ2n) is 6.36. The van der Waals surface area contributed by atoms with Crippen LogP contribution in [0.15, 0.2) is 46.8 Å². The number of anilines is 1. The Morgan fingerprint density at radius 2 is 2.08 bits per heavy atom. The van der Waals surface area contributed by atoms with Crippen molar-refractivity contribution < 1.29 is 4.79 Å². The molecule has 5 nitrogen and oxygen atoms in total. The fourth-order valence-electron chi connectivity index (χ4n) is 3.52. The highest BCUT2D eigenvalue weighted by atomic mass is 32.2. The molecule has 1 N–H and O–H groups in total. The van der Waals surface area contributed by atoms with E-state index in [9.17, 15) is 4.79 Å². The molecule has 1 aliphatic heterocycles. The van der Waals surface area contributed by atoms with Gasteiger partial charge in [-0.05, 0) is 23.7 Å². The van der Waals surface area contributed by atoms with E-state index >= 15 is 0 Å². The number of allylic oxidation sites excluding steroid dienone is 2. The summed E-state index contributed by atoms with van der Waals surface area (Å²) in [6, 6.07) is 9.94. The number of nitrogens with zero attached hydrogens (tertiary/aromatic N) is 3. The summed E-state index contributed by atoms with van der Waals surface area (Å²) in [6.45, 7) is 4.21. The fourth-order valence-corrected chi connectivity index (χ4v) is 4.08. The van der Waals surface area contributed by atoms with E-state index in [2.05, 4.69) is 41.4 Å². The summed E-state index contributed by atoms with van der Waals surface area (Å²) in [5.74, 6) is 2.23. The predicted octanol–water partition coefficient (Wildman–Crippen LogP) is 3.66. The number of benzene rings is 1. The Balaban J connectivity index is 1.87. The SMILES string of the molecule is CCSc1nc2n(n1)[C@H](c1ccccc1)C1=C(C[C@H](C)CC1=O)N2. The molecule has 1 aliphatic carbocycles. The summed E-state index contributed by atoms with van der Waals surface area (Å²) in [6.07, 6.45) is 1.48. The molecular formula is C18H20N4OS. The van der Waals surface area contributed by atoms with Crippen molar-refractivity contribution in [1.29, 1.82) is 0 Å². The largest absolute Gasteiger partial charge is 0.328 e. The van der Waals surface area contributed by atoms with Gasteiger partial charge >= 0.3 is 0 Å². The molecule has 6 heteroatoms. The van der Waals surface area contributed by atoms with E-state index in [1.54, 1.807) is 11.8 Å². The van der Waals surface area contributed by atoms with Gasteiger partial charge < -0.3 is 5.32 Å². The number of thioether (sulfide) groups is 1. The summed E-state index contributed by atoms with van der Waals surface area (Å²) in [4.78, 5) is 17.4. The minimum absolute atomic E-state index is 0.184. The van der Waals surface area contributed by atoms with Crippen LogP contribution in [-0.2, 0) is 4.79 Å². The van der Waals surface area contributed by atoms with E-state index in [-0.39, 0.29) is 11.8 Å². The number of hydrogen-bond acceptors (Lipinski definition) is 5. The summed E-state index contributed by atoms with van der Waals surface area (Å²) >= 11 is 1.61. The monoisotopic (exact) mass is 340 g/mol. The second kappa shape index (κ2) is 6.09. The van der Waals surface area contributed by atoms with Crippen LogP contribution in [0.1, 0.15) is 38.3 Å². The van der Waals surface area contributed by atoms with Crippen molar-refractivity contribution in [3.05, 3.63) is 47.2 Å². The van der Waals surface area contributed by atoms with Gasteiger partial charge in [-0.1, -0.05) is 55.9 Å². The molecule has 0 saturated carbocycles. The maximum atomic E-state index is 12.8. The second-order valence-corrected chi connectivity index (χ2v) is 7.59. The van der Waals surface area contributed by atoms with Gasteiger partial charge in [-0.3, -0.25) is 4.79 Å². The minimum Gasteiger partial charge on any atom is -0.328 e. The molecule has 0 spiro atoms. The van der Waals surface area contributed by atoms with Crippen LogP contribution in [0.4, 0.5) is 5.95 Å². The van der Waals surface area contributed by atoms with Crippen molar-refractivity contribution in [2.24, 2.45) is 5.92 Å². The van der Waals surface area contributed by atoms with E-state index in [0.29, 0.717) is 12.3 Å². The zero-order valence-electron chi connectivity index (χ0n) is 13.8. The first-order valence-corrected chi connectivity index (χ1v) is 9.33. The zero-order chi connectivity index (χ0) is 16.7. The van der Waals surface area contributed by atoms with Crippen LogP contribution in [0.2, 0.25) is 0 Å². The van der Waals surface area contributed by atoms with Gasteiger partial charge in [0.2, 0.25) is 11.1 Å². The normalized spacial score (nSPS) is 22.8. The Kier molecular flexibility index (Phi) is 3.92. The van der Waals surface area contributed by atoms with Gasteiger partial charge in [0.05, 0.1) is 0 Å². The van der Waals surface area contributed by atoms with Crippen LogP contribution in [-0.4, -0.2) is 26.3 Å². The average Bonchev–Trinajstić information content (AvgIpc) is 2.95. The minimum atomic E-state index is -0.184. The van der Waals surface area contributed by atoms with E-state index < -0.39 is 0 Å². The first kappa shape index (κ1) is 15.4. The zero-order valence-corrected chi connectivity index (χ0v) is 14.6. The van der Waals surface area contributed by atoms with E-state index in [1.807, 2.05) is 22.9 Å². The van der Waals surface area contributed by atoms with Crippen molar-refractivity contribution in [1.82, 2.24) is 14.8 Å². The summed E-state index contributed by atoms with van der Waals surface area (Å²) < 4.78 is 1.88. The lowest BCUT2D eigenvalue weighted by Gasteiger charge is -2.34. The lowest BCUT2D eigenvalue weighted by atomic mass is 9.81. The van der Waals surface area contributed by atoms with Crippen LogP contribution in [0, 0.1) is 5.92 Å². The number of carbonyl (C=O) groups excluding carboxylic acids is 1. The quantitative estimate of drug-likeness (QED) is 0.864. The molecule has 2 aliphatic rings. The van der Waals surface area contributed by atoms with Crippen LogP contribution in [0.25, 0.3) is 0 Å². The molecule has 0 fully saturated rings. The van der Waals surface area contributed by atoms with Crippen molar-refractivity contribution >= 4 is 23.5 Å². The predicted molar refractivity (Wildman–Crippen MR) is 95.1 cm³/mol. The van der Waals surface area contributed by atoms with Gasteiger partial charge in [0.25, 0.3) is 0 Å². The maximum Gasteiger partial charge on any atom is 0.227 e. The molecule has 124 valence electrons. The molecular weight excluding hydrogens is 320 g/mol. The number of ketones is 1. The van der Waals surface area contributed by atoms with Gasteiger partial charge in [-0.2, -0.15) is 4.98 Å². The Morgan fingerprint density at radius 3 is 2.83 bits per heavy atom. The molecule has 2 atom stereocenters. The molecule has 1 aromatic carbocycles. The van der Waals surface area contributed by atoms with Crippen molar-refractivity contribution in [3.8, 4) is 0 Å². The van der Waals surface area contributed by atoms with Crippen LogP contribution < -0.4 is 5.32 Å². The molecule has 0 radical (unpaired) electrons. The summed E-state index contributed by atoms with van der Waals surface area (Å²) in [7, 11) is 0. The molecule has 0 bridgehead atoms.